The SMILES string of the molecule is Cc1ccccc1CN/C=C(/C#N)C(=O)N1CCC(C)CC1. The Balaban J connectivity index is 1.95. The smallest absolute Gasteiger partial charge is 0.265 e. The van der Waals surface area contributed by atoms with Crippen molar-refractivity contribution in [1.29, 1.82) is 5.26 Å². The van der Waals surface area contributed by atoms with Crippen molar-refractivity contribution < 1.29 is 4.79 Å². The minimum atomic E-state index is -0.160. The quantitative estimate of drug-likeness (QED) is 0.687. The first-order chi connectivity index (χ1) is 10.6. The molecule has 0 spiro atoms. The molecule has 1 fully saturated rings. The van der Waals surface area contributed by atoms with Crippen LogP contribution in [0.15, 0.2) is 36.0 Å². The average Bonchev–Trinajstić information content (AvgIpc) is 2.53. The first-order valence-electron chi connectivity index (χ1n) is 7.79. The van der Waals surface area contributed by atoms with E-state index < -0.39 is 0 Å². The molecule has 1 aliphatic rings. The molecule has 1 aromatic rings. The maximum atomic E-state index is 12.3. The lowest BCUT2D eigenvalue weighted by Crippen LogP contribution is -2.38. The van der Waals surface area contributed by atoms with Crippen molar-refractivity contribution in [2.75, 3.05) is 13.1 Å². The van der Waals surface area contributed by atoms with Crippen molar-refractivity contribution in [2.45, 2.75) is 33.2 Å². The van der Waals surface area contributed by atoms with Crippen LogP contribution in [0.2, 0.25) is 0 Å². The number of carbonyl (C=O) groups is 1. The Kier molecular flexibility index (Phi) is 5.60. The van der Waals surface area contributed by atoms with E-state index in [0.29, 0.717) is 12.5 Å². The summed E-state index contributed by atoms with van der Waals surface area (Å²) in [5.41, 5.74) is 2.54. The maximum absolute atomic E-state index is 12.3. The number of likely N-dealkylation sites (tertiary alicyclic amines) is 1. The number of amides is 1. The lowest BCUT2D eigenvalue weighted by Gasteiger charge is -2.30. The van der Waals surface area contributed by atoms with E-state index in [2.05, 4.69) is 12.2 Å². The van der Waals surface area contributed by atoms with Crippen LogP contribution >= 0.6 is 0 Å². The van der Waals surface area contributed by atoms with Gasteiger partial charge in [0, 0.05) is 25.8 Å². The number of carbonyl (C=O) groups excluding carboxylic acids is 1. The van der Waals surface area contributed by atoms with Crippen LogP contribution in [0.1, 0.15) is 30.9 Å². The molecule has 0 unspecified atom stereocenters. The molecule has 22 heavy (non-hydrogen) atoms. The summed E-state index contributed by atoms with van der Waals surface area (Å²) in [4.78, 5) is 14.1. The normalized spacial score (nSPS) is 16.2. The highest BCUT2D eigenvalue weighted by atomic mass is 16.2. The Morgan fingerprint density at radius 2 is 2.09 bits per heavy atom. The van der Waals surface area contributed by atoms with E-state index in [-0.39, 0.29) is 11.5 Å². The highest BCUT2D eigenvalue weighted by Crippen LogP contribution is 2.17. The fraction of sp³-hybridized carbons (Fsp3) is 0.444. The van der Waals surface area contributed by atoms with Crippen molar-refractivity contribution >= 4 is 5.91 Å². The van der Waals surface area contributed by atoms with Crippen LogP contribution in [0.5, 0.6) is 0 Å². The summed E-state index contributed by atoms with van der Waals surface area (Å²) in [6.45, 7) is 6.36. The van der Waals surface area contributed by atoms with Crippen LogP contribution in [0, 0.1) is 24.2 Å². The molecule has 0 aliphatic carbocycles. The Labute approximate surface area is 132 Å². The summed E-state index contributed by atoms with van der Waals surface area (Å²) >= 11 is 0. The first kappa shape index (κ1) is 16.1. The number of nitriles is 1. The van der Waals surface area contributed by atoms with E-state index in [1.165, 1.54) is 5.56 Å². The van der Waals surface area contributed by atoms with E-state index >= 15 is 0 Å². The Bertz CT molecular complexity index is 593. The van der Waals surface area contributed by atoms with Gasteiger partial charge in [-0.3, -0.25) is 4.79 Å². The monoisotopic (exact) mass is 297 g/mol. The second-order valence-electron chi connectivity index (χ2n) is 5.95. The summed E-state index contributed by atoms with van der Waals surface area (Å²) < 4.78 is 0. The molecule has 0 atom stereocenters. The number of hydrogen-bond acceptors (Lipinski definition) is 3. The number of benzene rings is 1. The first-order valence-corrected chi connectivity index (χ1v) is 7.79. The molecule has 0 bridgehead atoms. The maximum Gasteiger partial charge on any atom is 0.265 e. The van der Waals surface area contributed by atoms with Gasteiger partial charge in [0.1, 0.15) is 11.6 Å². The summed E-state index contributed by atoms with van der Waals surface area (Å²) in [6, 6.07) is 10.1. The minimum Gasteiger partial charge on any atom is -0.386 e. The third-order valence-corrected chi connectivity index (χ3v) is 4.22. The van der Waals surface area contributed by atoms with Crippen molar-refractivity contribution in [3.63, 3.8) is 0 Å². The number of nitrogens with zero attached hydrogens (tertiary/aromatic N) is 2. The number of hydrogen-bond donors (Lipinski definition) is 1. The molecular formula is C18H23N3O. The van der Waals surface area contributed by atoms with Gasteiger partial charge < -0.3 is 10.2 Å². The minimum absolute atomic E-state index is 0.160. The molecule has 4 nitrogen and oxygen atoms in total. The second kappa shape index (κ2) is 7.65. The zero-order chi connectivity index (χ0) is 15.9. The third-order valence-electron chi connectivity index (χ3n) is 4.22. The zero-order valence-corrected chi connectivity index (χ0v) is 13.3. The van der Waals surface area contributed by atoms with Gasteiger partial charge in [0.15, 0.2) is 0 Å². The Morgan fingerprint density at radius 1 is 1.41 bits per heavy atom. The summed E-state index contributed by atoms with van der Waals surface area (Å²) in [5.74, 6) is 0.504. The summed E-state index contributed by atoms with van der Waals surface area (Å²) in [6.07, 6.45) is 3.58. The molecule has 0 saturated carbocycles. The second-order valence-corrected chi connectivity index (χ2v) is 5.95. The third kappa shape index (κ3) is 4.11. The van der Waals surface area contributed by atoms with Crippen molar-refractivity contribution in [2.24, 2.45) is 5.92 Å². The molecule has 2 rings (SSSR count). The molecule has 1 heterocycles. The fourth-order valence-corrected chi connectivity index (χ4v) is 2.60. The molecule has 1 aliphatic heterocycles. The lowest BCUT2D eigenvalue weighted by atomic mass is 9.99. The van der Waals surface area contributed by atoms with Crippen molar-refractivity contribution in [3.8, 4) is 6.07 Å². The van der Waals surface area contributed by atoms with Gasteiger partial charge >= 0.3 is 0 Å². The Hall–Kier alpha value is -2.28. The number of rotatable bonds is 4. The van der Waals surface area contributed by atoms with E-state index in [9.17, 15) is 10.1 Å². The summed E-state index contributed by atoms with van der Waals surface area (Å²) in [5, 5.41) is 12.3. The molecular weight excluding hydrogens is 274 g/mol. The van der Waals surface area contributed by atoms with Crippen LogP contribution in [0.25, 0.3) is 0 Å². The standard InChI is InChI=1S/C18H23N3O/c1-14-7-9-21(10-8-14)18(22)17(11-19)13-20-12-16-6-4-3-5-15(16)2/h3-6,13-14,20H,7-10,12H2,1-2H3/b17-13-. The highest BCUT2D eigenvalue weighted by molar-refractivity contribution is 5.97. The van der Waals surface area contributed by atoms with Crippen LogP contribution in [-0.2, 0) is 11.3 Å². The van der Waals surface area contributed by atoms with E-state index in [0.717, 1.165) is 31.5 Å². The van der Waals surface area contributed by atoms with Gasteiger partial charge in [0.2, 0.25) is 0 Å². The zero-order valence-electron chi connectivity index (χ0n) is 13.3. The molecule has 0 aromatic heterocycles. The van der Waals surface area contributed by atoms with Gasteiger partial charge in [0.05, 0.1) is 0 Å². The van der Waals surface area contributed by atoms with Crippen LogP contribution in [-0.4, -0.2) is 23.9 Å². The molecule has 1 saturated heterocycles. The van der Waals surface area contributed by atoms with E-state index in [1.54, 1.807) is 11.1 Å². The number of nitrogens with one attached hydrogen (secondary N) is 1. The predicted molar refractivity (Wildman–Crippen MR) is 86.7 cm³/mol. The van der Waals surface area contributed by atoms with Crippen LogP contribution in [0.4, 0.5) is 0 Å². The molecule has 0 radical (unpaired) electrons. The highest BCUT2D eigenvalue weighted by Gasteiger charge is 2.22. The summed E-state index contributed by atoms with van der Waals surface area (Å²) in [7, 11) is 0. The molecule has 4 heteroatoms. The topological polar surface area (TPSA) is 56.1 Å². The van der Waals surface area contributed by atoms with Crippen LogP contribution < -0.4 is 5.32 Å². The van der Waals surface area contributed by atoms with Gasteiger partial charge in [0.25, 0.3) is 5.91 Å². The predicted octanol–water partition coefficient (Wildman–Crippen LogP) is 2.75. The van der Waals surface area contributed by atoms with Crippen molar-refractivity contribution in [3.05, 3.63) is 47.2 Å². The Morgan fingerprint density at radius 3 is 2.73 bits per heavy atom. The van der Waals surface area contributed by atoms with Gasteiger partial charge in [-0.2, -0.15) is 5.26 Å². The fourth-order valence-electron chi connectivity index (χ4n) is 2.60. The lowest BCUT2D eigenvalue weighted by molar-refractivity contribution is -0.128. The van der Waals surface area contributed by atoms with Gasteiger partial charge in [-0.1, -0.05) is 31.2 Å². The van der Waals surface area contributed by atoms with Gasteiger partial charge in [-0.15, -0.1) is 0 Å². The van der Waals surface area contributed by atoms with Gasteiger partial charge in [-0.25, -0.2) is 0 Å². The largest absolute Gasteiger partial charge is 0.386 e. The molecule has 1 N–H and O–H groups in total. The molecule has 1 aromatic carbocycles. The van der Waals surface area contributed by atoms with E-state index in [1.807, 2.05) is 37.3 Å². The number of aryl methyl sites for hydroxylation is 1. The molecule has 116 valence electrons. The molecule has 1 amide bonds. The van der Waals surface area contributed by atoms with Crippen LogP contribution in [0.3, 0.4) is 0 Å². The van der Waals surface area contributed by atoms with Crippen molar-refractivity contribution in [1.82, 2.24) is 10.2 Å². The number of piperidine rings is 1. The van der Waals surface area contributed by atoms with Gasteiger partial charge in [-0.05, 0) is 36.8 Å². The average molecular weight is 297 g/mol. The van der Waals surface area contributed by atoms with E-state index in [4.69, 9.17) is 0 Å².